The summed E-state index contributed by atoms with van der Waals surface area (Å²) in [5.74, 6) is 0. The predicted molar refractivity (Wildman–Crippen MR) is 58.2 cm³/mol. The van der Waals surface area contributed by atoms with Crippen LogP contribution in [0.5, 0.6) is 0 Å². The molecule has 0 aromatic carbocycles. The Bertz CT molecular complexity index is 198. The van der Waals surface area contributed by atoms with Gasteiger partial charge in [-0.15, -0.1) is 0 Å². The molecule has 2 rings (SSSR count). The van der Waals surface area contributed by atoms with Crippen molar-refractivity contribution in [3.63, 3.8) is 0 Å². The lowest BCUT2D eigenvalue weighted by atomic mass is 9.93. The molecule has 0 spiro atoms. The van der Waals surface area contributed by atoms with Crippen LogP contribution in [0.2, 0.25) is 0 Å². The van der Waals surface area contributed by atoms with E-state index in [4.69, 9.17) is 0 Å². The number of hydrogen-bond acceptors (Lipinski definition) is 2. The third-order valence-electron chi connectivity index (χ3n) is 4.29. The van der Waals surface area contributed by atoms with Crippen LogP contribution in [-0.2, 0) is 0 Å². The van der Waals surface area contributed by atoms with Gasteiger partial charge >= 0.3 is 0 Å². The van der Waals surface area contributed by atoms with Crippen LogP contribution in [0.3, 0.4) is 0 Å². The third-order valence-corrected chi connectivity index (χ3v) is 4.29. The van der Waals surface area contributed by atoms with Crippen LogP contribution in [0, 0.1) is 5.41 Å². The van der Waals surface area contributed by atoms with Crippen LogP contribution in [0.15, 0.2) is 0 Å². The van der Waals surface area contributed by atoms with Gasteiger partial charge < -0.3 is 10.4 Å². The van der Waals surface area contributed by atoms with Gasteiger partial charge in [-0.25, -0.2) is 0 Å². The lowest BCUT2D eigenvalue weighted by molar-refractivity contribution is 0.115. The molecular weight excluding hydrogens is 174 g/mol. The molecule has 2 unspecified atom stereocenters. The fourth-order valence-electron chi connectivity index (χ4n) is 2.59. The highest BCUT2D eigenvalue weighted by molar-refractivity contribution is 5.05. The Morgan fingerprint density at radius 2 is 1.93 bits per heavy atom. The first kappa shape index (κ1) is 10.4. The highest BCUT2D eigenvalue weighted by Crippen LogP contribution is 2.48. The van der Waals surface area contributed by atoms with Crippen LogP contribution in [0.25, 0.3) is 0 Å². The average Bonchev–Trinajstić information content (AvgIpc) is 2.82. The van der Waals surface area contributed by atoms with E-state index in [1.54, 1.807) is 0 Å². The molecule has 2 fully saturated rings. The lowest BCUT2D eigenvalue weighted by Gasteiger charge is -2.27. The Labute approximate surface area is 87.1 Å². The van der Waals surface area contributed by atoms with E-state index in [1.165, 1.54) is 12.8 Å². The van der Waals surface area contributed by atoms with Crippen molar-refractivity contribution in [3.8, 4) is 0 Å². The summed E-state index contributed by atoms with van der Waals surface area (Å²) in [5, 5.41) is 13.1. The largest absolute Gasteiger partial charge is 0.393 e. The SMILES string of the molecule is CCC1(C)CC1NC1CCC(O)CC1. The van der Waals surface area contributed by atoms with Crippen molar-refractivity contribution in [2.45, 2.75) is 70.6 Å². The van der Waals surface area contributed by atoms with Gasteiger partial charge in [-0.1, -0.05) is 13.8 Å². The van der Waals surface area contributed by atoms with E-state index in [9.17, 15) is 5.11 Å². The van der Waals surface area contributed by atoms with Crippen molar-refractivity contribution < 1.29 is 5.11 Å². The maximum Gasteiger partial charge on any atom is 0.0541 e. The van der Waals surface area contributed by atoms with E-state index >= 15 is 0 Å². The Kier molecular flexibility index (Phi) is 2.85. The fourth-order valence-corrected chi connectivity index (χ4v) is 2.59. The van der Waals surface area contributed by atoms with E-state index in [0.717, 1.165) is 31.7 Å². The second-order valence-electron chi connectivity index (χ2n) is 5.44. The zero-order valence-electron chi connectivity index (χ0n) is 9.42. The first-order valence-corrected chi connectivity index (χ1v) is 6.08. The molecule has 2 saturated carbocycles. The monoisotopic (exact) mass is 197 g/mol. The lowest BCUT2D eigenvalue weighted by Crippen LogP contribution is -2.37. The van der Waals surface area contributed by atoms with Crippen molar-refractivity contribution in [1.82, 2.24) is 5.32 Å². The van der Waals surface area contributed by atoms with Gasteiger partial charge in [0, 0.05) is 12.1 Å². The second kappa shape index (κ2) is 3.82. The molecule has 82 valence electrons. The molecule has 2 aliphatic carbocycles. The van der Waals surface area contributed by atoms with Crippen LogP contribution < -0.4 is 5.32 Å². The van der Waals surface area contributed by atoms with Crippen LogP contribution in [0.4, 0.5) is 0 Å². The summed E-state index contributed by atoms with van der Waals surface area (Å²) in [5.41, 5.74) is 0.579. The van der Waals surface area contributed by atoms with E-state index < -0.39 is 0 Å². The molecule has 2 aliphatic rings. The first-order valence-electron chi connectivity index (χ1n) is 6.08. The third kappa shape index (κ3) is 2.12. The van der Waals surface area contributed by atoms with E-state index in [1.807, 2.05) is 0 Å². The minimum Gasteiger partial charge on any atom is -0.393 e. The molecule has 0 aliphatic heterocycles. The molecule has 0 saturated heterocycles. The summed E-state index contributed by atoms with van der Waals surface area (Å²) in [4.78, 5) is 0. The molecule has 14 heavy (non-hydrogen) atoms. The number of nitrogens with one attached hydrogen (secondary N) is 1. The summed E-state index contributed by atoms with van der Waals surface area (Å²) in [6.45, 7) is 4.66. The van der Waals surface area contributed by atoms with Crippen LogP contribution >= 0.6 is 0 Å². The molecule has 0 aromatic heterocycles. The average molecular weight is 197 g/mol. The van der Waals surface area contributed by atoms with Gasteiger partial charge in [-0.3, -0.25) is 0 Å². The van der Waals surface area contributed by atoms with Crippen molar-refractivity contribution in [3.05, 3.63) is 0 Å². The zero-order valence-corrected chi connectivity index (χ0v) is 9.42. The molecule has 2 nitrogen and oxygen atoms in total. The molecule has 2 heteroatoms. The predicted octanol–water partition coefficient (Wildman–Crippen LogP) is 2.07. The molecule has 0 heterocycles. The van der Waals surface area contributed by atoms with Gasteiger partial charge in [0.05, 0.1) is 6.10 Å². The van der Waals surface area contributed by atoms with Gasteiger partial charge in [0.25, 0.3) is 0 Å². The Hall–Kier alpha value is -0.0800. The maximum atomic E-state index is 9.40. The van der Waals surface area contributed by atoms with Crippen molar-refractivity contribution in [2.24, 2.45) is 5.41 Å². The molecule has 2 atom stereocenters. The second-order valence-corrected chi connectivity index (χ2v) is 5.44. The van der Waals surface area contributed by atoms with Gasteiger partial charge in [0.2, 0.25) is 0 Å². The minimum absolute atomic E-state index is 0.0233. The summed E-state index contributed by atoms with van der Waals surface area (Å²) in [7, 11) is 0. The first-order chi connectivity index (χ1) is 6.64. The van der Waals surface area contributed by atoms with Gasteiger partial charge in [0.1, 0.15) is 0 Å². The molecule has 0 amide bonds. The summed E-state index contributed by atoms with van der Waals surface area (Å²) in [6.07, 6.45) is 6.93. The van der Waals surface area contributed by atoms with Crippen molar-refractivity contribution >= 4 is 0 Å². The molecule has 0 aromatic rings. The fraction of sp³-hybridized carbons (Fsp3) is 1.00. The number of aliphatic hydroxyl groups is 1. The van der Waals surface area contributed by atoms with E-state index in [2.05, 4.69) is 19.2 Å². The summed E-state index contributed by atoms with van der Waals surface area (Å²) in [6, 6.07) is 1.43. The van der Waals surface area contributed by atoms with Crippen molar-refractivity contribution in [2.75, 3.05) is 0 Å². The van der Waals surface area contributed by atoms with Crippen molar-refractivity contribution in [1.29, 1.82) is 0 Å². The molecule has 2 N–H and O–H groups in total. The number of hydrogen-bond donors (Lipinski definition) is 2. The van der Waals surface area contributed by atoms with E-state index in [-0.39, 0.29) is 6.10 Å². The number of aliphatic hydroxyl groups excluding tert-OH is 1. The van der Waals surface area contributed by atoms with Gasteiger partial charge in [-0.05, 0) is 43.9 Å². The molecule has 0 radical (unpaired) electrons. The normalized spacial score (nSPS) is 47.8. The Morgan fingerprint density at radius 1 is 1.29 bits per heavy atom. The Morgan fingerprint density at radius 3 is 2.43 bits per heavy atom. The van der Waals surface area contributed by atoms with Crippen LogP contribution in [0.1, 0.15) is 52.4 Å². The summed E-state index contributed by atoms with van der Waals surface area (Å²) >= 11 is 0. The highest BCUT2D eigenvalue weighted by atomic mass is 16.3. The minimum atomic E-state index is -0.0233. The molecular formula is C12H23NO. The number of rotatable bonds is 3. The topological polar surface area (TPSA) is 32.3 Å². The standard InChI is InChI=1S/C12H23NO/c1-3-12(2)8-11(12)13-9-4-6-10(14)7-5-9/h9-11,13-14H,3-8H2,1-2H3. The smallest absolute Gasteiger partial charge is 0.0541 e. The quantitative estimate of drug-likeness (QED) is 0.726. The van der Waals surface area contributed by atoms with Gasteiger partial charge in [0.15, 0.2) is 0 Å². The van der Waals surface area contributed by atoms with Crippen LogP contribution in [-0.4, -0.2) is 23.3 Å². The zero-order chi connectivity index (χ0) is 10.2. The van der Waals surface area contributed by atoms with Gasteiger partial charge in [-0.2, -0.15) is 0 Å². The highest BCUT2D eigenvalue weighted by Gasteiger charge is 2.48. The summed E-state index contributed by atoms with van der Waals surface area (Å²) < 4.78 is 0. The maximum absolute atomic E-state index is 9.40. The Balaban J connectivity index is 1.72. The van der Waals surface area contributed by atoms with E-state index in [0.29, 0.717) is 11.5 Å². The molecule has 0 bridgehead atoms.